The maximum atomic E-state index is 13.2. The first kappa shape index (κ1) is 28.5. The number of nitrogens with one attached hydrogen (secondary N) is 2. The lowest BCUT2D eigenvalue weighted by Gasteiger charge is -2.30. The summed E-state index contributed by atoms with van der Waals surface area (Å²) < 4.78 is 0. The lowest BCUT2D eigenvalue weighted by molar-refractivity contribution is -0.145. The molecule has 1 saturated heterocycles. The van der Waals surface area contributed by atoms with E-state index in [1.807, 2.05) is 6.26 Å². The summed E-state index contributed by atoms with van der Waals surface area (Å²) in [6.45, 7) is -0.0818. The first-order valence-corrected chi connectivity index (χ1v) is 12.1. The van der Waals surface area contributed by atoms with Gasteiger partial charge in [0.1, 0.15) is 24.2 Å². The zero-order valence-corrected chi connectivity index (χ0v) is 19.6. The van der Waals surface area contributed by atoms with Gasteiger partial charge in [-0.3, -0.25) is 19.4 Å². The third-order valence-corrected chi connectivity index (χ3v) is 5.80. The van der Waals surface area contributed by atoms with Crippen molar-refractivity contribution in [2.45, 2.75) is 56.3 Å². The van der Waals surface area contributed by atoms with Crippen LogP contribution in [-0.2, 0) is 19.2 Å². The molecule has 0 bridgehead atoms. The summed E-state index contributed by atoms with van der Waals surface area (Å²) in [5.41, 5.74) is 16.2. The highest BCUT2D eigenvalue weighted by Crippen LogP contribution is 2.20. The molecule has 1 aliphatic rings. The van der Waals surface area contributed by atoms with Crippen LogP contribution in [0.15, 0.2) is 4.99 Å². The van der Waals surface area contributed by atoms with Gasteiger partial charge in [-0.25, -0.2) is 4.79 Å². The third-order valence-electron chi connectivity index (χ3n) is 5.16. The molecule has 0 radical (unpaired) electrons. The predicted octanol–water partition coefficient (Wildman–Crippen LogP) is -2.84. The number of rotatable bonds is 14. The number of aliphatic hydroxyl groups is 1. The Balaban J connectivity index is 2.93. The van der Waals surface area contributed by atoms with E-state index < -0.39 is 54.5 Å². The fourth-order valence-electron chi connectivity index (χ4n) is 3.39. The Morgan fingerprint density at radius 2 is 1.88 bits per heavy atom. The molecule has 0 aromatic carbocycles. The molecular formula is C19H35N7O6S. The lowest BCUT2D eigenvalue weighted by atomic mass is 10.1. The monoisotopic (exact) mass is 489 g/mol. The number of hydrogen-bond donors (Lipinski definition) is 7. The first-order chi connectivity index (χ1) is 15.6. The highest BCUT2D eigenvalue weighted by Gasteiger charge is 2.38. The molecule has 1 fully saturated rings. The predicted molar refractivity (Wildman–Crippen MR) is 124 cm³/mol. The normalized spacial score (nSPS) is 18.2. The molecule has 13 nitrogen and oxygen atoms in total. The van der Waals surface area contributed by atoms with Gasteiger partial charge in [0, 0.05) is 13.1 Å². The molecule has 1 aliphatic heterocycles. The molecule has 33 heavy (non-hydrogen) atoms. The van der Waals surface area contributed by atoms with Gasteiger partial charge in [-0.05, 0) is 44.1 Å². The smallest absolute Gasteiger partial charge is 0.326 e. The molecular weight excluding hydrogens is 454 g/mol. The van der Waals surface area contributed by atoms with Crippen molar-refractivity contribution < 1.29 is 29.4 Å². The van der Waals surface area contributed by atoms with Crippen molar-refractivity contribution in [3.05, 3.63) is 0 Å². The van der Waals surface area contributed by atoms with Gasteiger partial charge in [-0.15, -0.1) is 0 Å². The van der Waals surface area contributed by atoms with Crippen molar-refractivity contribution in [1.82, 2.24) is 15.5 Å². The van der Waals surface area contributed by atoms with Crippen LogP contribution in [0, 0.1) is 0 Å². The van der Waals surface area contributed by atoms with Gasteiger partial charge in [0.15, 0.2) is 5.96 Å². The van der Waals surface area contributed by atoms with Crippen LogP contribution < -0.4 is 27.8 Å². The number of guanidine groups is 1. The number of carbonyl (C=O) groups is 4. The van der Waals surface area contributed by atoms with E-state index in [1.54, 1.807) is 0 Å². The van der Waals surface area contributed by atoms with Crippen LogP contribution in [0.2, 0.25) is 0 Å². The number of nitrogens with zero attached hydrogens (tertiary/aromatic N) is 2. The Labute approximate surface area is 196 Å². The summed E-state index contributed by atoms with van der Waals surface area (Å²) >= 11 is 1.46. The van der Waals surface area contributed by atoms with E-state index in [4.69, 9.17) is 22.3 Å². The van der Waals surface area contributed by atoms with Crippen LogP contribution in [0.3, 0.4) is 0 Å². The molecule has 0 aromatic heterocycles. The standard InChI is InChI=1S/C19H35N7O6S/c1-33-9-6-13(18(31)32)25-16(29)14-5-3-8-26(14)17(30)12(4-2-7-23-19(21)22)24-15(28)11(20)10-27/h11-14,27H,2-10,20H2,1H3,(H,24,28)(H,25,29)(H,31,32)(H4,21,22,23). The van der Waals surface area contributed by atoms with Gasteiger partial charge >= 0.3 is 5.97 Å². The second-order valence-electron chi connectivity index (χ2n) is 7.67. The highest BCUT2D eigenvalue weighted by molar-refractivity contribution is 7.98. The van der Waals surface area contributed by atoms with E-state index in [2.05, 4.69) is 15.6 Å². The van der Waals surface area contributed by atoms with E-state index in [9.17, 15) is 24.3 Å². The fraction of sp³-hybridized carbons (Fsp3) is 0.737. The Kier molecular flexibility index (Phi) is 12.5. The van der Waals surface area contributed by atoms with Gasteiger partial charge in [-0.2, -0.15) is 11.8 Å². The fourth-order valence-corrected chi connectivity index (χ4v) is 3.86. The number of nitrogens with two attached hydrogens (primary N) is 3. The van der Waals surface area contributed by atoms with Crippen molar-refractivity contribution in [3.63, 3.8) is 0 Å². The van der Waals surface area contributed by atoms with E-state index in [0.717, 1.165) is 0 Å². The molecule has 0 aliphatic carbocycles. The Morgan fingerprint density at radius 1 is 1.18 bits per heavy atom. The molecule has 188 valence electrons. The van der Waals surface area contributed by atoms with Crippen LogP contribution in [0.5, 0.6) is 0 Å². The van der Waals surface area contributed by atoms with Gasteiger partial charge in [0.2, 0.25) is 17.7 Å². The Hall–Kier alpha value is -2.58. The molecule has 0 spiro atoms. The second-order valence-corrected chi connectivity index (χ2v) is 8.66. The summed E-state index contributed by atoms with van der Waals surface area (Å²) in [6, 6.07) is -4.12. The minimum Gasteiger partial charge on any atom is -0.480 e. The molecule has 4 unspecified atom stereocenters. The molecule has 1 rings (SSSR count). The molecule has 0 saturated carbocycles. The summed E-state index contributed by atoms with van der Waals surface area (Å²) in [4.78, 5) is 54.9. The number of thioether (sulfide) groups is 1. The van der Waals surface area contributed by atoms with Gasteiger partial charge in [-0.1, -0.05) is 0 Å². The molecule has 10 N–H and O–H groups in total. The highest BCUT2D eigenvalue weighted by atomic mass is 32.2. The SMILES string of the molecule is CSCCC(NC(=O)C1CCCN1C(=O)C(CCCN=C(N)N)NC(=O)C(N)CO)C(=O)O. The molecule has 3 amide bonds. The second kappa shape index (κ2) is 14.5. The van der Waals surface area contributed by atoms with Gasteiger partial charge in [0.25, 0.3) is 0 Å². The number of aliphatic hydroxyl groups excluding tert-OH is 1. The van der Waals surface area contributed by atoms with Crippen LogP contribution in [0.25, 0.3) is 0 Å². The largest absolute Gasteiger partial charge is 0.480 e. The Bertz CT molecular complexity index is 719. The molecule has 14 heteroatoms. The van der Waals surface area contributed by atoms with Crippen molar-refractivity contribution >= 4 is 41.4 Å². The number of carbonyl (C=O) groups excluding carboxylic acids is 3. The average Bonchev–Trinajstić information content (AvgIpc) is 3.26. The summed E-state index contributed by atoms with van der Waals surface area (Å²) in [7, 11) is 0. The zero-order chi connectivity index (χ0) is 25.0. The van der Waals surface area contributed by atoms with E-state index in [0.29, 0.717) is 25.0 Å². The van der Waals surface area contributed by atoms with Crippen LogP contribution in [0.1, 0.15) is 32.1 Å². The number of amides is 3. The molecule has 4 atom stereocenters. The molecule has 0 aromatic rings. The Morgan fingerprint density at radius 3 is 2.45 bits per heavy atom. The van der Waals surface area contributed by atoms with Crippen molar-refractivity contribution in [2.75, 3.05) is 31.7 Å². The number of likely N-dealkylation sites (tertiary alicyclic amines) is 1. The first-order valence-electron chi connectivity index (χ1n) is 10.7. The zero-order valence-electron chi connectivity index (χ0n) is 18.7. The molecule has 1 heterocycles. The van der Waals surface area contributed by atoms with E-state index in [1.165, 1.54) is 16.7 Å². The van der Waals surface area contributed by atoms with Crippen LogP contribution in [-0.4, -0.2) is 101 Å². The maximum absolute atomic E-state index is 13.2. The quantitative estimate of drug-likeness (QED) is 0.0750. The van der Waals surface area contributed by atoms with Gasteiger partial charge < -0.3 is 42.9 Å². The summed E-state index contributed by atoms with van der Waals surface area (Å²) in [5.74, 6) is -2.44. The topological polar surface area (TPSA) is 226 Å². The summed E-state index contributed by atoms with van der Waals surface area (Å²) in [6.07, 6.45) is 3.56. The number of carboxylic acids is 1. The van der Waals surface area contributed by atoms with Crippen molar-refractivity contribution in [3.8, 4) is 0 Å². The van der Waals surface area contributed by atoms with Crippen molar-refractivity contribution in [1.29, 1.82) is 0 Å². The van der Waals surface area contributed by atoms with E-state index in [-0.39, 0.29) is 31.9 Å². The number of hydrogen-bond acceptors (Lipinski definition) is 8. The van der Waals surface area contributed by atoms with Crippen LogP contribution in [0.4, 0.5) is 0 Å². The van der Waals surface area contributed by atoms with Crippen molar-refractivity contribution in [2.24, 2.45) is 22.2 Å². The minimum atomic E-state index is -1.21. The maximum Gasteiger partial charge on any atom is 0.326 e. The third kappa shape index (κ3) is 9.43. The number of carboxylic acid groups (broad SMARTS) is 1. The average molecular weight is 490 g/mol. The van der Waals surface area contributed by atoms with E-state index >= 15 is 0 Å². The minimum absolute atomic E-state index is 0.102. The number of aliphatic carboxylic acids is 1. The summed E-state index contributed by atoms with van der Waals surface area (Å²) in [5, 5.41) is 23.5. The number of aliphatic imine (C=N–C) groups is 1. The van der Waals surface area contributed by atoms with Crippen LogP contribution >= 0.6 is 11.8 Å². The lowest BCUT2D eigenvalue weighted by Crippen LogP contribution is -2.57. The van der Waals surface area contributed by atoms with Gasteiger partial charge in [0.05, 0.1) is 6.61 Å².